The molecule has 0 bridgehead atoms. The number of aryl methyl sites for hydroxylation is 1. The highest BCUT2D eigenvalue weighted by molar-refractivity contribution is 5.27. The maximum atomic E-state index is 5.21. The Hall–Kier alpha value is -1.77. The first-order valence-corrected chi connectivity index (χ1v) is 5.51. The van der Waals surface area contributed by atoms with Crippen molar-refractivity contribution in [3.8, 4) is 0 Å². The minimum absolute atomic E-state index is 0.570. The molecule has 3 heteroatoms. The van der Waals surface area contributed by atoms with Crippen molar-refractivity contribution in [3.63, 3.8) is 0 Å². The summed E-state index contributed by atoms with van der Waals surface area (Å²) in [4.78, 5) is 4.29. The second-order valence-corrected chi connectivity index (χ2v) is 3.74. The predicted molar refractivity (Wildman–Crippen MR) is 64.7 cm³/mol. The zero-order valence-electron chi connectivity index (χ0n) is 9.66. The molecule has 1 heterocycles. The Kier molecular flexibility index (Phi) is 3.25. The molecular weight excluding hydrogens is 200 g/mol. The molecule has 0 saturated heterocycles. The van der Waals surface area contributed by atoms with Crippen molar-refractivity contribution in [2.45, 2.75) is 19.8 Å². The molecule has 0 aliphatic heterocycles. The highest BCUT2D eigenvalue weighted by atomic mass is 16.4. The summed E-state index contributed by atoms with van der Waals surface area (Å²) in [7, 11) is 1.80. The van der Waals surface area contributed by atoms with E-state index >= 15 is 0 Å². The lowest BCUT2D eigenvalue weighted by atomic mass is 10.1. The Morgan fingerprint density at radius 2 is 1.88 bits per heavy atom. The first kappa shape index (κ1) is 10.7. The van der Waals surface area contributed by atoms with Crippen LogP contribution in [0.1, 0.15) is 23.7 Å². The van der Waals surface area contributed by atoms with Gasteiger partial charge in [0.05, 0.1) is 5.69 Å². The van der Waals surface area contributed by atoms with Gasteiger partial charge in [-0.25, -0.2) is 0 Å². The lowest BCUT2D eigenvalue weighted by molar-refractivity contribution is 0.574. The van der Waals surface area contributed by atoms with Crippen LogP contribution in [0, 0.1) is 0 Å². The smallest absolute Gasteiger partial charge is 0.294 e. The Balaban J connectivity index is 2.08. The van der Waals surface area contributed by atoms with E-state index < -0.39 is 0 Å². The van der Waals surface area contributed by atoms with Crippen molar-refractivity contribution in [3.05, 3.63) is 47.3 Å². The summed E-state index contributed by atoms with van der Waals surface area (Å²) >= 11 is 0. The van der Waals surface area contributed by atoms with Gasteiger partial charge in [0.2, 0.25) is 0 Å². The van der Waals surface area contributed by atoms with Gasteiger partial charge in [-0.15, -0.1) is 0 Å². The van der Waals surface area contributed by atoms with Gasteiger partial charge >= 0.3 is 0 Å². The van der Waals surface area contributed by atoms with Gasteiger partial charge in [-0.05, 0) is 17.5 Å². The molecule has 2 aromatic rings. The van der Waals surface area contributed by atoms with E-state index in [0.717, 1.165) is 18.5 Å². The molecule has 0 radical (unpaired) electrons. The van der Waals surface area contributed by atoms with E-state index in [1.807, 2.05) is 0 Å². The van der Waals surface area contributed by atoms with Gasteiger partial charge < -0.3 is 9.73 Å². The van der Waals surface area contributed by atoms with Crippen LogP contribution in [0.5, 0.6) is 0 Å². The second kappa shape index (κ2) is 4.84. The second-order valence-electron chi connectivity index (χ2n) is 3.74. The molecule has 0 aliphatic rings. The summed E-state index contributed by atoms with van der Waals surface area (Å²) in [6, 6.07) is 9.18. The van der Waals surface area contributed by atoms with Crippen molar-refractivity contribution in [1.82, 2.24) is 4.98 Å². The van der Waals surface area contributed by atoms with Gasteiger partial charge in [-0.1, -0.05) is 31.2 Å². The summed E-state index contributed by atoms with van der Waals surface area (Å²) in [5.41, 5.74) is 3.57. The molecule has 16 heavy (non-hydrogen) atoms. The van der Waals surface area contributed by atoms with Crippen molar-refractivity contribution >= 4 is 6.01 Å². The molecule has 84 valence electrons. The molecule has 0 spiro atoms. The van der Waals surface area contributed by atoms with Gasteiger partial charge in [-0.3, -0.25) is 0 Å². The van der Waals surface area contributed by atoms with Crippen molar-refractivity contribution in [2.24, 2.45) is 0 Å². The predicted octanol–water partition coefficient (Wildman–Crippen LogP) is 2.87. The maximum absolute atomic E-state index is 5.21. The normalized spacial score (nSPS) is 10.4. The number of nitrogens with zero attached hydrogens (tertiary/aromatic N) is 1. The topological polar surface area (TPSA) is 38.1 Å². The van der Waals surface area contributed by atoms with Crippen molar-refractivity contribution in [1.29, 1.82) is 0 Å². The Morgan fingerprint density at radius 1 is 1.19 bits per heavy atom. The molecular formula is C13H16N2O. The first-order chi connectivity index (χ1) is 7.81. The maximum Gasteiger partial charge on any atom is 0.294 e. The number of benzene rings is 1. The zero-order chi connectivity index (χ0) is 11.4. The van der Waals surface area contributed by atoms with Gasteiger partial charge in [0.25, 0.3) is 6.01 Å². The fourth-order valence-corrected chi connectivity index (χ4v) is 1.60. The van der Waals surface area contributed by atoms with Crippen LogP contribution in [0.25, 0.3) is 0 Å². The molecule has 0 saturated carbocycles. The number of anilines is 1. The van der Waals surface area contributed by atoms with Crippen LogP contribution in [0.15, 0.2) is 34.9 Å². The number of hydrogen-bond acceptors (Lipinski definition) is 3. The first-order valence-electron chi connectivity index (χ1n) is 5.51. The fourth-order valence-electron chi connectivity index (χ4n) is 1.60. The zero-order valence-corrected chi connectivity index (χ0v) is 9.66. The van der Waals surface area contributed by atoms with Crippen LogP contribution >= 0.6 is 0 Å². The largest absolute Gasteiger partial charge is 0.432 e. The molecule has 0 fully saturated rings. The molecule has 2 rings (SSSR count). The van der Waals surface area contributed by atoms with Crippen molar-refractivity contribution < 1.29 is 4.42 Å². The molecule has 3 nitrogen and oxygen atoms in total. The Morgan fingerprint density at radius 3 is 2.44 bits per heavy atom. The summed E-state index contributed by atoms with van der Waals surface area (Å²) in [5.74, 6) is 0. The average molecular weight is 216 g/mol. The van der Waals surface area contributed by atoms with E-state index in [4.69, 9.17) is 4.42 Å². The summed E-state index contributed by atoms with van der Waals surface area (Å²) in [6.07, 6.45) is 3.59. The lowest BCUT2D eigenvalue weighted by Crippen LogP contribution is -1.91. The average Bonchev–Trinajstić information content (AvgIpc) is 2.78. The number of aromatic nitrogens is 1. The molecule has 1 aromatic heterocycles. The highest BCUT2D eigenvalue weighted by Gasteiger charge is 2.03. The molecule has 1 aromatic carbocycles. The Labute approximate surface area is 95.5 Å². The Bertz CT molecular complexity index is 445. The number of hydrogen-bond donors (Lipinski definition) is 1. The van der Waals surface area contributed by atoms with Crippen LogP contribution in [0.4, 0.5) is 6.01 Å². The molecule has 1 N–H and O–H groups in total. The minimum Gasteiger partial charge on any atom is -0.432 e. The third-order valence-corrected chi connectivity index (χ3v) is 2.58. The van der Waals surface area contributed by atoms with E-state index in [1.165, 1.54) is 11.1 Å². The van der Waals surface area contributed by atoms with Crippen molar-refractivity contribution in [2.75, 3.05) is 12.4 Å². The van der Waals surface area contributed by atoms with Gasteiger partial charge in [0.15, 0.2) is 0 Å². The molecule has 0 atom stereocenters. The van der Waals surface area contributed by atoms with Crippen LogP contribution < -0.4 is 5.32 Å². The number of rotatable bonds is 4. The van der Waals surface area contributed by atoms with Crippen LogP contribution in [-0.4, -0.2) is 12.0 Å². The number of oxazole rings is 1. The standard InChI is InChI=1S/C13H16N2O/c1-3-10-4-6-11(7-5-10)8-12-9-16-13(14-2)15-12/h4-7,9H,3,8H2,1-2H3,(H,14,15). The van der Waals surface area contributed by atoms with Crippen LogP contribution in [0.3, 0.4) is 0 Å². The van der Waals surface area contributed by atoms with Gasteiger partial charge in [0.1, 0.15) is 6.26 Å². The monoisotopic (exact) mass is 216 g/mol. The third-order valence-electron chi connectivity index (χ3n) is 2.58. The molecule has 0 aliphatic carbocycles. The highest BCUT2D eigenvalue weighted by Crippen LogP contribution is 2.13. The SMILES string of the molecule is CCc1ccc(Cc2coc(NC)n2)cc1. The fraction of sp³-hybridized carbons (Fsp3) is 0.308. The summed E-state index contributed by atoms with van der Waals surface area (Å²) < 4.78 is 5.21. The van der Waals surface area contributed by atoms with E-state index in [9.17, 15) is 0 Å². The third kappa shape index (κ3) is 2.42. The lowest BCUT2D eigenvalue weighted by Gasteiger charge is -1.99. The van der Waals surface area contributed by atoms with Gasteiger partial charge in [-0.2, -0.15) is 4.98 Å². The summed E-state index contributed by atoms with van der Waals surface area (Å²) in [5, 5.41) is 2.87. The minimum atomic E-state index is 0.570. The number of nitrogens with one attached hydrogen (secondary N) is 1. The molecule has 0 unspecified atom stereocenters. The molecule has 0 amide bonds. The van der Waals surface area contributed by atoms with E-state index in [2.05, 4.69) is 41.5 Å². The van der Waals surface area contributed by atoms with Gasteiger partial charge in [0, 0.05) is 13.5 Å². The van der Waals surface area contributed by atoms with Crippen LogP contribution in [0.2, 0.25) is 0 Å². The summed E-state index contributed by atoms with van der Waals surface area (Å²) in [6.45, 7) is 2.16. The van der Waals surface area contributed by atoms with E-state index in [1.54, 1.807) is 13.3 Å². The quantitative estimate of drug-likeness (QED) is 0.854. The van der Waals surface area contributed by atoms with E-state index in [-0.39, 0.29) is 0 Å². The van der Waals surface area contributed by atoms with Crippen LogP contribution in [-0.2, 0) is 12.8 Å². The van der Waals surface area contributed by atoms with E-state index in [0.29, 0.717) is 6.01 Å².